The highest BCUT2D eigenvalue weighted by Crippen LogP contribution is 1.67. The quantitative estimate of drug-likeness (QED) is 0.373. The maximum Gasteiger partial charge on any atom is 0.312 e. The summed E-state index contributed by atoms with van der Waals surface area (Å²) in [5.74, 6) is 2.35. The molecular weight excluding hydrogens is 104 g/mol. The minimum absolute atomic E-state index is 0.464. The summed E-state index contributed by atoms with van der Waals surface area (Å²) in [6.45, 7) is 0.464. The summed E-state index contributed by atoms with van der Waals surface area (Å²) in [7, 11) is 0. The van der Waals surface area contributed by atoms with Crippen LogP contribution in [-0.4, -0.2) is 12.6 Å². The van der Waals surface area contributed by atoms with Crippen molar-refractivity contribution in [2.45, 2.75) is 6.42 Å². The van der Waals surface area contributed by atoms with Crippen molar-refractivity contribution in [3.05, 3.63) is 0 Å². The van der Waals surface area contributed by atoms with Gasteiger partial charge in [0.15, 0.2) is 0 Å². The molecule has 0 aliphatic carbocycles. The first kappa shape index (κ1) is 6.83. The molecule has 0 aliphatic heterocycles. The number of rotatable bonds is 2. The summed E-state index contributed by atoms with van der Waals surface area (Å²) in [6.07, 6.45) is 5.40. The zero-order valence-electron chi connectivity index (χ0n) is 4.48. The Labute approximate surface area is 48.2 Å². The third-order valence-corrected chi connectivity index (χ3v) is 0.569. The molecule has 0 spiro atoms. The highest BCUT2D eigenvalue weighted by Gasteiger charge is 1.85. The molecule has 0 unspecified atom stereocenters. The molecule has 2 amide bonds. The van der Waals surface area contributed by atoms with Gasteiger partial charge in [-0.25, -0.2) is 4.79 Å². The predicted octanol–water partition coefficient (Wildman–Crippen LogP) is -0.322. The SMILES string of the molecule is C#CCCNC(N)=O. The van der Waals surface area contributed by atoms with E-state index in [1.807, 2.05) is 0 Å². The van der Waals surface area contributed by atoms with Crippen LogP contribution in [0.3, 0.4) is 0 Å². The van der Waals surface area contributed by atoms with Crippen LogP contribution in [0.1, 0.15) is 6.42 Å². The fraction of sp³-hybridized carbons (Fsp3) is 0.400. The van der Waals surface area contributed by atoms with E-state index in [1.54, 1.807) is 0 Å². The zero-order valence-corrected chi connectivity index (χ0v) is 4.48. The number of nitrogens with two attached hydrogens (primary N) is 1. The Balaban J connectivity index is 2.97. The van der Waals surface area contributed by atoms with Gasteiger partial charge in [0, 0.05) is 13.0 Å². The smallest absolute Gasteiger partial charge is 0.312 e. The molecule has 0 saturated carbocycles. The minimum Gasteiger partial charge on any atom is -0.352 e. The van der Waals surface area contributed by atoms with Gasteiger partial charge < -0.3 is 11.1 Å². The highest BCUT2D eigenvalue weighted by atomic mass is 16.2. The van der Waals surface area contributed by atoms with E-state index in [4.69, 9.17) is 12.2 Å². The van der Waals surface area contributed by atoms with Gasteiger partial charge in [-0.3, -0.25) is 0 Å². The maximum atomic E-state index is 9.92. The number of nitrogens with one attached hydrogen (secondary N) is 1. The molecule has 3 N–H and O–H groups in total. The average Bonchev–Trinajstić information content (AvgIpc) is 1.66. The van der Waals surface area contributed by atoms with Gasteiger partial charge in [-0.2, -0.15) is 0 Å². The molecule has 0 radical (unpaired) electrons. The number of carbonyl (C=O) groups excluding carboxylic acids is 1. The lowest BCUT2D eigenvalue weighted by molar-refractivity contribution is 0.249. The molecular formula is C5H8N2O. The molecule has 0 aliphatic rings. The van der Waals surface area contributed by atoms with Crippen molar-refractivity contribution < 1.29 is 4.79 Å². The first-order valence-electron chi connectivity index (χ1n) is 2.24. The second-order valence-electron chi connectivity index (χ2n) is 1.25. The fourth-order valence-corrected chi connectivity index (χ4v) is 0.258. The number of carbonyl (C=O) groups is 1. The van der Waals surface area contributed by atoms with Crippen LogP contribution in [0, 0.1) is 12.3 Å². The van der Waals surface area contributed by atoms with Crippen LogP contribution in [-0.2, 0) is 0 Å². The topological polar surface area (TPSA) is 55.1 Å². The molecule has 0 rings (SSSR count). The molecule has 44 valence electrons. The Bertz CT molecular complexity index is 114. The zero-order chi connectivity index (χ0) is 6.41. The van der Waals surface area contributed by atoms with Crippen molar-refractivity contribution in [3.8, 4) is 12.3 Å². The molecule has 0 aromatic heterocycles. The van der Waals surface area contributed by atoms with Crippen molar-refractivity contribution in [3.63, 3.8) is 0 Å². The van der Waals surface area contributed by atoms with Crippen molar-refractivity contribution in [2.75, 3.05) is 6.54 Å². The van der Waals surface area contributed by atoms with Crippen LogP contribution in [0.4, 0.5) is 4.79 Å². The monoisotopic (exact) mass is 112 g/mol. The third-order valence-electron chi connectivity index (χ3n) is 0.569. The number of urea groups is 1. The van der Waals surface area contributed by atoms with Crippen LogP contribution >= 0.6 is 0 Å². The standard InChI is InChI=1S/C5H8N2O/c1-2-3-4-7-5(6)8/h1H,3-4H2,(H3,6,7,8). The van der Waals surface area contributed by atoms with E-state index in [2.05, 4.69) is 11.2 Å². The normalized spacial score (nSPS) is 7.38. The second-order valence-corrected chi connectivity index (χ2v) is 1.25. The molecule has 0 aromatic rings. The Kier molecular flexibility index (Phi) is 3.42. The molecule has 0 bridgehead atoms. The van der Waals surface area contributed by atoms with Crippen LogP contribution in [0.25, 0.3) is 0 Å². The summed E-state index contributed by atoms with van der Waals surface area (Å²) in [5, 5.41) is 2.34. The lowest BCUT2D eigenvalue weighted by Gasteiger charge is -1.93. The first-order valence-corrected chi connectivity index (χ1v) is 2.24. The second kappa shape index (κ2) is 4.00. The minimum atomic E-state index is -0.528. The molecule has 0 heterocycles. The molecule has 0 atom stereocenters. The Morgan fingerprint density at radius 3 is 2.88 bits per heavy atom. The molecule has 0 fully saturated rings. The van der Waals surface area contributed by atoms with Gasteiger partial charge in [-0.05, 0) is 0 Å². The number of terminal acetylenes is 1. The number of amides is 2. The van der Waals surface area contributed by atoms with Crippen molar-refractivity contribution in [1.29, 1.82) is 0 Å². The number of primary amides is 1. The van der Waals surface area contributed by atoms with Crippen molar-refractivity contribution in [1.82, 2.24) is 5.32 Å². The van der Waals surface area contributed by atoms with Gasteiger partial charge in [0.05, 0.1) is 0 Å². The van der Waals surface area contributed by atoms with E-state index >= 15 is 0 Å². The summed E-state index contributed by atoms with van der Waals surface area (Å²) >= 11 is 0. The van der Waals surface area contributed by atoms with Crippen molar-refractivity contribution >= 4 is 6.03 Å². The molecule has 3 nitrogen and oxygen atoms in total. The van der Waals surface area contributed by atoms with E-state index in [9.17, 15) is 4.79 Å². The van der Waals surface area contributed by atoms with Gasteiger partial charge in [0.2, 0.25) is 0 Å². The lowest BCUT2D eigenvalue weighted by atomic mass is 10.4. The lowest BCUT2D eigenvalue weighted by Crippen LogP contribution is -2.29. The van der Waals surface area contributed by atoms with Crippen LogP contribution in [0.15, 0.2) is 0 Å². The molecule has 0 aromatic carbocycles. The van der Waals surface area contributed by atoms with E-state index in [0.717, 1.165) is 0 Å². The Morgan fingerprint density at radius 2 is 2.50 bits per heavy atom. The van der Waals surface area contributed by atoms with Gasteiger partial charge in [-0.15, -0.1) is 12.3 Å². The van der Waals surface area contributed by atoms with Gasteiger partial charge in [-0.1, -0.05) is 0 Å². The number of hydrogen-bond donors (Lipinski definition) is 2. The summed E-state index contributed by atoms with van der Waals surface area (Å²) in [4.78, 5) is 9.92. The van der Waals surface area contributed by atoms with E-state index in [-0.39, 0.29) is 0 Å². The maximum absolute atomic E-state index is 9.92. The van der Waals surface area contributed by atoms with E-state index < -0.39 is 6.03 Å². The van der Waals surface area contributed by atoms with E-state index in [1.165, 1.54) is 0 Å². The summed E-state index contributed by atoms with van der Waals surface area (Å²) < 4.78 is 0. The Morgan fingerprint density at radius 1 is 1.88 bits per heavy atom. The van der Waals surface area contributed by atoms with Crippen LogP contribution in [0.5, 0.6) is 0 Å². The van der Waals surface area contributed by atoms with E-state index in [0.29, 0.717) is 13.0 Å². The Hall–Kier alpha value is -1.17. The van der Waals surface area contributed by atoms with Gasteiger partial charge in [0.25, 0.3) is 0 Å². The average molecular weight is 112 g/mol. The van der Waals surface area contributed by atoms with Gasteiger partial charge in [0.1, 0.15) is 0 Å². The molecule has 3 heteroatoms. The first-order chi connectivity index (χ1) is 3.77. The molecule has 8 heavy (non-hydrogen) atoms. The van der Waals surface area contributed by atoms with Gasteiger partial charge >= 0.3 is 6.03 Å². The highest BCUT2D eigenvalue weighted by molar-refractivity contribution is 5.71. The third kappa shape index (κ3) is 4.83. The summed E-state index contributed by atoms with van der Waals surface area (Å²) in [6, 6.07) is -0.528. The summed E-state index contributed by atoms with van der Waals surface area (Å²) in [5.41, 5.74) is 4.71. The fourth-order valence-electron chi connectivity index (χ4n) is 0.258. The number of hydrogen-bond acceptors (Lipinski definition) is 1. The predicted molar refractivity (Wildman–Crippen MR) is 31.0 cm³/mol. The van der Waals surface area contributed by atoms with Crippen molar-refractivity contribution in [2.24, 2.45) is 5.73 Å². The van der Waals surface area contributed by atoms with Crippen LogP contribution in [0.2, 0.25) is 0 Å². The largest absolute Gasteiger partial charge is 0.352 e. The van der Waals surface area contributed by atoms with Crippen LogP contribution < -0.4 is 11.1 Å². The molecule has 0 saturated heterocycles.